The minimum atomic E-state index is 0.217. The maximum atomic E-state index is 10.1. The van der Waals surface area contributed by atoms with Gasteiger partial charge in [0.1, 0.15) is 0 Å². The summed E-state index contributed by atoms with van der Waals surface area (Å²) in [4.78, 5) is 0. The molecule has 0 bridgehead atoms. The van der Waals surface area contributed by atoms with Crippen LogP contribution in [-0.2, 0) is 0 Å². The summed E-state index contributed by atoms with van der Waals surface area (Å²) in [5.74, 6) is 2.45. The number of unbranched alkanes of at least 4 members (excludes halogenated alkanes) is 2. The number of phenolic OH excluding ortho intramolecular Hbond substituents is 2. The van der Waals surface area contributed by atoms with Crippen LogP contribution in [0.1, 0.15) is 81.8 Å². The molecule has 4 nitrogen and oxygen atoms in total. The Labute approximate surface area is 175 Å². The molecule has 2 atom stereocenters. The molecule has 0 radical (unpaired) electrons. The summed E-state index contributed by atoms with van der Waals surface area (Å²) in [7, 11) is 3.23. The maximum absolute atomic E-state index is 10.1. The molecule has 2 aromatic rings. The van der Waals surface area contributed by atoms with E-state index in [2.05, 4.69) is 26.0 Å². The lowest BCUT2D eigenvalue weighted by molar-refractivity contribution is 0.362. The Morgan fingerprint density at radius 3 is 1.45 bits per heavy atom. The van der Waals surface area contributed by atoms with Gasteiger partial charge in [0.25, 0.3) is 0 Å². The SMILES string of the molecule is CCC(CCCCCC(CC)c1cccc(O)c1OC)c1cccc(O)c1OC. The number of hydrogen-bond donors (Lipinski definition) is 2. The third-order valence-electron chi connectivity index (χ3n) is 5.93. The van der Waals surface area contributed by atoms with Gasteiger partial charge in [0, 0.05) is 11.1 Å². The number of phenols is 2. The van der Waals surface area contributed by atoms with E-state index >= 15 is 0 Å². The molecule has 160 valence electrons. The first-order valence-electron chi connectivity index (χ1n) is 10.8. The van der Waals surface area contributed by atoms with E-state index in [1.165, 1.54) is 0 Å². The minimum Gasteiger partial charge on any atom is -0.504 e. The quantitative estimate of drug-likeness (QED) is 0.387. The smallest absolute Gasteiger partial charge is 0.163 e. The molecule has 29 heavy (non-hydrogen) atoms. The maximum Gasteiger partial charge on any atom is 0.163 e. The van der Waals surface area contributed by atoms with Crippen LogP contribution < -0.4 is 9.47 Å². The first-order valence-corrected chi connectivity index (χ1v) is 10.8. The van der Waals surface area contributed by atoms with Crippen LogP contribution in [0.15, 0.2) is 36.4 Å². The van der Waals surface area contributed by atoms with Gasteiger partial charge in [-0.2, -0.15) is 0 Å². The average Bonchev–Trinajstić information content (AvgIpc) is 2.73. The van der Waals surface area contributed by atoms with Gasteiger partial charge < -0.3 is 19.7 Å². The molecule has 0 aliphatic rings. The second-order valence-corrected chi connectivity index (χ2v) is 7.65. The molecule has 4 heteroatoms. The van der Waals surface area contributed by atoms with Crippen LogP contribution in [0.25, 0.3) is 0 Å². The molecule has 2 rings (SSSR count). The second kappa shape index (κ2) is 11.6. The van der Waals surface area contributed by atoms with Gasteiger partial charge >= 0.3 is 0 Å². The number of aromatic hydroxyl groups is 2. The van der Waals surface area contributed by atoms with Crippen molar-refractivity contribution in [3.63, 3.8) is 0 Å². The predicted octanol–water partition coefficient (Wildman–Crippen LogP) is 6.75. The van der Waals surface area contributed by atoms with E-state index in [0.29, 0.717) is 23.3 Å². The average molecular weight is 401 g/mol. The normalized spacial score (nSPS) is 13.1. The van der Waals surface area contributed by atoms with E-state index in [1.807, 2.05) is 12.1 Å². The van der Waals surface area contributed by atoms with Crippen LogP contribution in [0, 0.1) is 0 Å². The molecule has 0 amide bonds. The Bertz CT molecular complexity index is 693. The van der Waals surface area contributed by atoms with E-state index in [9.17, 15) is 10.2 Å². The highest BCUT2D eigenvalue weighted by atomic mass is 16.5. The van der Waals surface area contributed by atoms with Crippen LogP contribution in [0.5, 0.6) is 23.0 Å². The Hall–Kier alpha value is -2.36. The van der Waals surface area contributed by atoms with Crippen LogP contribution in [0.2, 0.25) is 0 Å². The highest BCUT2D eigenvalue weighted by Gasteiger charge is 2.18. The lowest BCUT2D eigenvalue weighted by Gasteiger charge is -2.20. The van der Waals surface area contributed by atoms with Gasteiger partial charge in [-0.3, -0.25) is 0 Å². The van der Waals surface area contributed by atoms with Gasteiger partial charge in [0.2, 0.25) is 0 Å². The number of methoxy groups -OCH3 is 2. The van der Waals surface area contributed by atoms with Crippen LogP contribution in [0.4, 0.5) is 0 Å². The van der Waals surface area contributed by atoms with Crippen LogP contribution in [0.3, 0.4) is 0 Å². The highest BCUT2D eigenvalue weighted by Crippen LogP contribution is 2.40. The molecule has 2 unspecified atom stereocenters. The van der Waals surface area contributed by atoms with Crippen molar-refractivity contribution in [1.29, 1.82) is 0 Å². The standard InChI is InChI=1S/C25H36O4/c1-5-18(20-14-10-16-22(26)24(20)28-3)12-8-7-9-13-19(6-2)21-15-11-17-23(27)25(21)29-4/h10-11,14-19,26-27H,5-9,12-13H2,1-4H3. The lowest BCUT2D eigenvalue weighted by Crippen LogP contribution is -2.02. The number of benzene rings is 2. The summed E-state index contributed by atoms with van der Waals surface area (Å²) < 4.78 is 10.9. The number of para-hydroxylation sites is 2. The van der Waals surface area contributed by atoms with Crippen LogP contribution >= 0.6 is 0 Å². The first-order chi connectivity index (χ1) is 14.1. The summed E-state index contributed by atoms with van der Waals surface area (Å²) in [5.41, 5.74) is 2.21. The van der Waals surface area contributed by atoms with Crippen molar-refractivity contribution in [3.05, 3.63) is 47.5 Å². The van der Waals surface area contributed by atoms with Gasteiger partial charge in [-0.25, -0.2) is 0 Å². The Morgan fingerprint density at radius 2 is 1.10 bits per heavy atom. The Balaban J connectivity index is 1.90. The van der Waals surface area contributed by atoms with Crippen molar-refractivity contribution in [2.45, 2.75) is 70.6 Å². The molecule has 0 heterocycles. The van der Waals surface area contributed by atoms with Gasteiger partial charge in [-0.1, -0.05) is 57.4 Å². The Kier molecular flexibility index (Phi) is 9.17. The fraction of sp³-hybridized carbons (Fsp3) is 0.520. The van der Waals surface area contributed by atoms with Crippen molar-refractivity contribution >= 4 is 0 Å². The summed E-state index contributed by atoms with van der Waals surface area (Å²) in [6.07, 6.45) is 7.67. The minimum absolute atomic E-state index is 0.217. The molecule has 0 spiro atoms. The predicted molar refractivity (Wildman–Crippen MR) is 118 cm³/mol. The largest absolute Gasteiger partial charge is 0.504 e. The van der Waals surface area contributed by atoms with E-state index in [1.54, 1.807) is 26.4 Å². The molecular formula is C25H36O4. The Morgan fingerprint density at radius 1 is 0.690 bits per heavy atom. The molecule has 0 fully saturated rings. The number of hydrogen-bond acceptors (Lipinski definition) is 4. The first kappa shape index (κ1) is 22.9. The van der Waals surface area contributed by atoms with E-state index in [0.717, 1.165) is 56.1 Å². The molecular weight excluding hydrogens is 364 g/mol. The second-order valence-electron chi connectivity index (χ2n) is 7.65. The zero-order chi connectivity index (χ0) is 21.2. The molecule has 0 saturated carbocycles. The topological polar surface area (TPSA) is 58.9 Å². The van der Waals surface area contributed by atoms with Gasteiger partial charge in [0.05, 0.1) is 14.2 Å². The molecule has 0 aliphatic carbocycles. The fourth-order valence-corrected chi connectivity index (χ4v) is 4.29. The van der Waals surface area contributed by atoms with E-state index in [4.69, 9.17) is 9.47 Å². The molecule has 0 aliphatic heterocycles. The zero-order valence-corrected chi connectivity index (χ0v) is 18.3. The van der Waals surface area contributed by atoms with Crippen molar-refractivity contribution in [1.82, 2.24) is 0 Å². The van der Waals surface area contributed by atoms with Crippen molar-refractivity contribution < 1.29 is 19.7 Å². The molecule has 0 aromatic heterocycles. The van der Waals surface area contributed by atoms with Crippen molar-refractivity contribution in [2.24, 2.45) is 0 Å². The summed E-state index contributed by atoms with van der Waals surface area (Å²) in [5, 5.41) is 20.1. The van der Waals surface area contributed by atoms with E-state index in [-0.39, 0.29) is 11.5 Å². The summed E-state index contributed by atoms with van der Waals surface area (Å²) in [6, 6.07) is 11.3. The molecule has 2 N–H and O–H groups in total. The third kappa shape index (κ3) is 5.81. The number of ether oxygens (including phenoxy) is 2. The third-order valence-corrected chi connectivity index (χ3v) is 5.93. The van der Waals surface area contributed by atoms with Crippen LogP contribution in [-0.4, -0.2) is 24.4 Å². The van der Waals surface area contributed by atoms with E-state index < -0.39 is 0 Å². The summed E-state index contributed by atoms with van der Waals surface area (Å²) >= 11 is 0. The molecule has 0 saturated heterocycles. The van der Waals surface area contributed by atoms with Gasteiger partial charge in [-0.15, -0.1) is 0 Å². The summed E-state index contributed by atoms with van der Waals surface area (Å²) in [6.45, 7) is 4.38. The monoisotopic (exact) mass is 400 g/mol. The molecule has 2 aromatic carbocycles. The van der Waals surface area contributed by atoms with Crippen molar-refractivity contribution in [3.8, 4) is 23.0 Å². The van der Waals surface area contributed by atoms with Crippen molar-refractivity contribution in [2.75, 3.05) is 14.2 Å². The van der Waals surface area contributed by atoms with Gasteiger partial charge in [0.15, 0.2) is 23.0 Å². The lowest BCUT2D eigenvalue weighted by atomic mass is 9.87. The van der Waals surface area contributed by atoms with Gasteiger partial charge in [-0.05, 0) is 49.7 Å². The zero-order valence-electron chi connectivity index (χ0n) is 18.3. The fourth-order valence-electron chi connectivity index (χ4n) is 4.29. The highest BCUT2D eigenvalue weighted by molar-refractivity contribution is 5.48. The number of rotatable bonds is 12.